The lowest BCUT2D eigenvalue weighted by Gasteiger charge is -2.01. The van der Waals surface area contributed by atoms with E-state index in [9.17, 15) is 4.79 Å². The van der Waals surface area contributed by atoms with Crippen LogP contribution in [0.1, 0.15) is 39.5 Å². The molecule has 1 atom stereocenters. The van der Waals surface area contributed by atoms with Crippen LogP contribution < -0.4 is 0 Å². The lowest BCUT2D eigenvalue weighted by Crippen LogP contribution is -1.98. The summed E-state index contributed by atoms with van der Waals surface area (Å²) in [7, 11) is 0. The summed E-state index contributed by atoms with van der Waals surface area (Å²) in [6, 6.07) is 0. The van der Waals surface area contributed by atoms with Gasteiger partial charge >= 0.3 is 0 Å². The lowest BCUT2D eigenvalue weighted by molar-refractivity contribution is -0.111. The van der Waals surface area contributed by atoms with Crippen molar-refractivity contribution in [3.8, 4) is 11.8 Å². The molecule has 0 bridgehead atoms. The molecule has 1 unspecified atom stereocenters. The Balaban J connectivity index is 2.29. The molecule has 15 heavy (non-hydrogen) atoms. The second kappa shape index (κ2) is 6.24. The highest BCUT2D eigenvalue weighted by Gasteiger charge is 2.17. The van der Waals surface area contributed by atoms with Gasteiger partial charge in [-0.25, -0.2) is 0 Å². The van der Waals surface area contributed by atoms with E-state index in [1.807, 2.05) is 6.08 Å². The molecule has 0 aliphatic heterocycles. The van der Waals surface area contributed by atoms with Crippen LogP contribution >= 0.6 is 0 Å². The molecule has 80 valence electrons. The average molecular weight is 202 g/mol. The van der Waals surface area contributed by atoms with Gasteiger partial charge in [-0.15, -0.1) is 11.8 Å². The van der Waals surface area contributed by atoms with Gasteiger partial charge in [-0.05, 0) is 18.9 Å². The maximum atomic E-state index is 11.4. The highest BCUT2D eigenvalue weighted by molar-refractivity contribution is 6.07. The zero-order valence-corrected chi connectivity index (χ0v) is 9.55. The molecule has 0 amide bonds. The van der Waals surface area contributed by atoms with Crippen molar-refractivity contribution in [2.24, 2.45) is 5.92 Å². The van der Waals surface area contributed by atoms with Gasteiger partial charge < -0.3 is 0 Å². The first-order valence-corrected chi connectivity index (χ1v) is 5.64. The normalized spacial score (nSPS) is 21.9. The Labute approximate surface area is 92.3 Å². The molecule has 0 saturated carbocycles. The Bertz CT molecular complexity index is 336. The third-order valence-electron chi connectivity index (χ3n) is 2.48. The predicted octanol–water partition coefficient (Wildman–Crippen LogP) is 3.27. The second-order valence-electron chi connectivity index (χ2n) is 3.77. The van der Waals surface area contributed by atoms with Crippen molar-refractivity contribution in [2.75, 3.05) is 0 Å². The Morgan fingerprint density at radius 2 is 2.27 bits per heavy atom. The second-order valence-corrected chi connectivity index (χ2v) is 3.77. The van der Waals surface area contributed by atoms with Crippen LogP contribution in [-0.4, -0.2) is 5.78 Å². The summed E-state index contributed by atoms with van der Waals surface area (Å²) in [5.74, 6) is 6.63. The summed E-state index contributed by atoms with van der Waals surface area (Å²) in [4.78, 5) is 11.4. The van der Waals surface area contributed by atoms with Crippen LogP contribution in [-0.2, 0) is 4.79 Å². The number of carbonyl (C=O) groups excluding carboxylic acids is 1. The number of unbranched alkanes of at least 4 members (excludes halogenated alkanes) is 2. The van der Waals surface area contributed by atoms with E-state index < -0.39 is 0 Å². The van der Waals surface area contributed by atoms with Gasteiger partial charge in [0.05, 0.1) is 0 Å². The van der Waals surface area contributed by atoms with Crippen LogP contribution in [0.15, 0.2) is 23.8 Å². The molecular weight excluding hydrogens is 184 g/mol. The Morgan fingerprint density at radius 1 is 1.47 bits per heavy atom. The Hall–Kier alpha value is -1.29. The van der Waals surface area contributed by atoms with Crippen molar-refractivity contribution >= 4 is 5.78 Å². The van der Waals surface area contributed by atoms with Crippen LogP contribution in [0, 0.1) is 17.8 Å². The number of ketones is 1. The monoisotopic (exact) mass is 202 g/mol. The molecule has 0 spiro atoms. The number of hydrogen-bond donors (Lipinski definition) is 0. The summed E-state index contributed by atoms with van der Waals surface area (Å²) >= 11 is 0. The van der Waals surface area contributed by atoms with Gasteiger partial charge in [-0.3, -0.25) is 4.79 Å². The molecule has 1 aliphatic carbocycles. The fourth-order valence-electron chi connectivity index (χ4n) is 1.60. The average Bonchev–Trinajstić information content (AvgIpc) is 2.54. The van der Waals surface area contributed by atoms with Crippen molar-refractivity contribution in [1.82, 2.24) is 0 Å². The zero-order chi connectivity index (χ0) is 11.1. The zero-order valence-electron chi connectivity index (χ0n) is 9.55. The summed E-state index contributed by atoms with van der Waals surface area (Å²) in [5, 5.41) is 0. The van der Waals surface area contributed by atoms with Gasteiger partial charge in [0.15, 0.2) is 5.78 Å². The van der Waals surface area contributed by atoms with E-state index in [4.69, 9.17) is 0 Å². The molecule has 1 nitrogen and oxygen atoms in total. The van der Waals surface area contributed by atoms with Crippen LogP contribution in [0.4, 0.5) is 0 Å². The van der Waals surface area contributed by atoms with Crippen LogP contribution in [0.2, 0.25) is 0 Å². The van der Waals surface area contributed by atoms with E-state index in [1.165, 1.54) is 0 Å². The van der Waals surface area contributed by atoms with Crippen molar-refractivity contribution in [3.63, 3.8) is 0 Å². The number of carbonyl (C=O) groups is 1. The largest absolute Gasteiger partial charge is 0.290 e. The minimum atomic E-state index is 0.183. The van der Waals surface area contributed by atoms with E-state index in [2.05, 4.69) is 31.8 Å². The first-order chi connectivity index (χ1) is 7.25. The summed E-state index contributed by atoms with van der Waals surface area (Å²) in [6.45, 7) is 4.11. The molecule has 0 saturated heterocycles. The first kappa shape index (κ1) is 11.8. The highest BCUT2D eigenvalue weighted by atomic mass is 16.1. The van der Waals surface area contributed by atoms with Crippen molar-refractivity contribution in [1.29, 1.82) is 0 Å². The van der Waals surface area contributed by atoms with Crippen LogP contribution in [0.5, 0.6) is 0 Å². The minimum absolute atomic E-state index is 0.183. The van der Waals surface area contributed by atoms with E-state index >= 15 is 0 Å². The van der Waals surface area contributed by atoms with Gasteiger partial charge in [0.2, 0.25) is 0 Å². The van der Waals surface area contributed by atoms with Crippen molar-refractivity contribution in [2.45, 2.75) is 39.5 Å². The number of allylic oxidation sites excluding steroid dienone is 4. The van der Waals surface area contributed by atoms with Gasteiger partial charge in [0.1, 0.15) is 0 Å². The number of rotatable bonds is 3. The lowest BCUT2D eigenvalue weighted by atomic mass is 10.0. The summed E-state index contributed by atoms with van der Waals surface area (Å²) in [6.07, 6.45) is 9.59. The molecule has 1 heteroatoms. The molecule has 0 fully saturated rings. The molecule has 0 heterocycles. The van der Waals surface area contributed by atoms with Gasteiger partial charge in [-0.2, -0.15) is 0 Å². The van der Waals surface area contributed by atoms with Crippen LogP contribution in [0.3, 0.4) is 0 Å². The van der Waals surface area contributed by atoms with E-state index in [0.29, 0.717) is 5.92 Å². The molecular formula is C14H18O. The Morgan fingerprint density at radius 3 is 2.87 bits per heavy atom. The Kier molecular flexibility index (Phi) is 4.90. The molecule has 0 N–H and O–H groups in total. The van der Waals surface area contributed by atoms with Crippen molar-refractivity contribution in [3.05, 3.63) is 23.8 Å². The van der Waals surface area contributed by atoms with Gasteiger partial charge in [0.25, 0.3) is 0 Å². The van der Waals surface area contributed by atoms with E-state index in [1.54, 1.807) is 6.08 Å². The molecule has 0 aromatic rings. The summed E-state index contributed by atoms with van der Waals surface area (Å²) < 4.78 is 0. The fraction of sp³-hybridized carbons (Fsp3) is 0.500. The summed E-state index contributed by atoms with van der Waals surface area (Å²) in [5.41, 5.74) is 0.957. The molecule has 0 aromatic heterocycles. The molecule has 0 aromatic carbocycles. The van der Waals surface area contributed by atoms with E-state index in [0.717, 1.165) is 31.3 Å². The highest BCUT2D eigenvalue weighted by Crippen LogP contribution is 2.21. The fourth-order valence-corrected chi connectivity index (χ4v) is 1.60. The van der Waals surface area contributed by atoms with Gasteiger partial charge in [-0.1, -0.05) is 26.0 Å². The third-order valence-corrected chi connectivity index (χ3v) is 2.48. The minimum Gasteiger partial charge on any atom is -0.290 e. The van der Waals surface area contributed by atoms with Gasteiger partial charge in [0, 0.05) is 24.3 Å². The molecule has 0 radical (unpaired) electrons. The first-order valence-electron chi connectivity index (χ1n) is 5.64. The standard InChI is InChI=1S/C14H18O/c1-3-4-5-6-7-8-9-13-12(2)10-11-14(13)15/h9-12H,3,6-8H2,1-2H3/b13-9+. The molecule has 1 rings (SSSR count). The molecule has 1 aliphatic rings. The topological polar surface area (TPSA) is 17.1 Å². The van der Waals surface area contributed by atoms with E-state index in [-0.39, 0.29) is 5.78 Å². The van der Waals surface area contributed by atoms with Crippen LogP contribution in [0.25, 0.3) is 0 Å². The third kappa shape index (κ3) is 3.75. The quantitative estimate of drug-likeness (QED) is 0.390. The maximum absolute atomic E-state index is 11.4. The maximum Gasteiger partial charge on any atom is 0.181 e. The predicted molar refractivity (Wildman–Crippen MR) is 63.3 cm³/mol. The van der Waals surface area contributed by atoms with Crippen molar-refractivity contribution < 1.29 is 4.79 Å². The number of hydrogen-bond acceptors (Lipinski definition) is 1. The smallest absolute Gasteiger partial charge is 0.181 e. The SMILES string of the molecule is CCC#CCCC/C=C1/C(=O)C=CC1C.